The van der Waals surface area contributed by atoms with E-state index in [4.69, 9.17) is 23.4 Å². The fourth-order valence-corrected chi connectivity index (χ4v) is 12.2. The van der Waals surface area contributed by atoms with Crippen molar-refractivity contribution >= 4 is 26.0 Å². The summed E-state index contributed by atoms with van der Waals surface area (Å²) in [6, 6.07) is 10.9. The molecule has 0 amide bonds. The average molecular weight is 673 g/mol. The lowest BCUT2D eigenvalue weighted by atomic mass is 9.45. The molecule has 10 nitrogen and oxygen atoms in total. The number of benzene rings is 1. The molecular weight excluding hydrogens is 620 g/mol. The molecule has 47 heavy (non-hydrogen) atoms. The van der Waals surface area contributed by atoms with Crippen molar-refractivity contribution in [2.45, 2.75) is 122 Å². The lowest BCUT2D eigenvalue weighted by molar-refractivity contribution is -0.344. The number of ketones is 1. The normalized spacial score (nSPS) is 39.3. The van der Waals surface area contributed by atoms with Crippen LogP contribution in [0, 0.1) is 22.7 Å². The van der Waals surface area contributed by atoms with Crippen molar-refractivity contribution in [2.75, 3.05) is 13.7 Å². The molecule has 2 saturated carbocycles. The Hall–Kier alpha value is -2.57. The van der Waals surface area contributed by atoms with Gasteiger partial charge in [-0.2, -0.15) is 0 Å². The van der Waals surface area contributed by atoms with E-state index in [0.717, 1.165) is 18.1 Å². The number of carbonyl (C=O) groups is 3. The van der Waals surface area contributed by atoms with Gasteiger partial charge < -0.3 is 33.6 Å². The number of hydrogen-bond acceptors (Lipinski definition) is 10. The topological polar surface area (TPSA) is 138 Å². The van der Waals surface area contributed by atoms with Gasteiger partial charge in [0.1, 0.15) is 17.8 Å². The summed E-state index contributed by atoms with van der Waals surface area (Å²) < 4.78 is 32.0. The zero-order chi connectivity index (χ0) is 34.7. The first kappa shape index (κ1) is 35.7. The van der Waals surface area contributed by atoms with Gasteiger partial charge in [0.05, 0.1) is 42.8 Å². The molecule has 5 rings (SSSR count). The monoisotopic (exact) mass is 672 g/mol. The van der Waals surface area contributed by atoms with Crippen molar-refractivity contribution in [3.05, 3.63) is 47.2 Å². The van der Waals surface area contributed by atoms with Crippen molar-refractivity contribution in [1.29, 1.82) is 0 Å². The Morgan fingerprint density at radius 2 is 1.68 bits per heavy atom. The summed E-state index contributed by atoms with van der Waals surface area (Å²) in [4.78, 5) is 42.4. The molecule has 4 aliphatic rings. The van der Waals surface area contributed by atoms with Crippen LogP contribution < -0.4 is 0 Å². The minimum absolute atomic E-state index is 0.0436. The number of rotatable bonds is 9. The van der Waals surface area contributed by atoms with E-state index in [2.05, 4.69) is 20.8 Å². The van der Waals surface area contributed by atoms with Crippen LogP contribution in [0.15, 0.2) is 41.7 Å². The predicted octanol–water partition coefficient (Wildman–Crippen LogP) is 4.97. The maximum atomic E-state index is 15.5. The molecule has 2 N–H and O–H groups in total. The van der Waals surface area contributed by atoms with E-state index in [0.29, 0.717) is 5.57 Å². The lowest BCUT2D eigenvalue weighted by Gasteiger charge is -2.68. The van der Waals surface area contributed by atoms with Gasteiger partial charge in [-0.3, -0.25) is 9.59 Å². The largest absolute Gasteiger partial charge is 0.493 e. The highest BCUT2D eigenvalue weighted by atomic mass is 28.4. The number of aliphatic hydroxyl groups excluding tert-OH is 1. The number of ether oxygens (including phenoxy) is 4. The van der Waals surface area contributed by atoms with Crippen molar-refractivity contribution in [1.82, 2.24) is 0 Å². The highest BCUT2D eigenvalue weighted by molar-refractivity contribution is 6.73. The Bertz CT molecular complexity index is 1410. The van der Waals surface area contributed by atoms with E-state index >= 15 is 4.79 Å². The third-order valence-electron chi connectivity index (χ3n) is 12.5. The van der Waals surface area contributed by atoms with E-state index in [1.165, 1.54) is 14.0 Å². The second kappa shape index (κ2) is 12.4. The van der Waals surface area contributed by atoms with Crippen LogP contribution in [0.3, 0.4) is 0 Å². The maximum Gasteiger partial charge on any atom is 0.338 e. The predicted molar refractivity (Wildman–Crippen MR) is 176 cm³/mol. The molecule has 3 aliphatic carbocycles. The number of aliphatic hydroxyl groups is 2. The average Bonchev–Trinajstić information content (AvgIpc) is 3.03. The minimum atomic E-state index is -2.39. The Morgan fingerprint density at radius 1 is 1.06 bits per heavy atom. The zero-order valence-corrected chi connectivity index (χ0v) is 30.3. The summed E-state index contributed by atoms with van der Waals surface area (Å²) in [5, 5.41) is 24.8. The first-order chi connectivity index (χ1) is 22.0. The Labute approximate surface area is 279 Å². The quantitative estimate of drug-likeness (QED) is 0.273. The molecule has 1 saturated heterocycles. The molecular formula is C36H52O10Si. The van der Waals surface area contributed by atoms with Crippen LogP contribution in [0.4, 0.5) is 0 Å². The van der Waals surface area contributed by atoms with Gasteiger partial charge in [-0.25, -0.2) is 4.79 Å². The molecule has 1 aliphatic heterocycles. The van der Waals surface area contributed by atoms with Crippen LogP contribution in [0.1, 0.15) is 78.6 Å². The molecule has 3 fully saturated rings. The highest BCUT2D eigenvalue weighted by Gasteiger charge is 2.78. The number of methoxy groups -OCH3 is 1. The van der Waals surface area contributed by atoms with Gasteiger partial charge in [0, 0.05) is 31.1 Å². The van der Waals surface area contributed by atoms with Gasteiger partial charge >= 0.3 is 11.9 Å². The summed E-state index contributed by atoms with van der Waals surface area (Å²) in [5.41, 5.74) is -5.44. The Morgan fingerprint density at radius 3 is 2.19 bits per heavy atom. The van der Waals surface area contributed by atoms with Crippen molar-refractivity contribution < 1.29 is 48.0 Å². The summed E-state index contributed by atoms with van der Waals surface area (Å²) in [5.74, 6) is -3.35. The van der Waals surface area contributed by atoms with E-state index in [-0.39, 0.29) is 30.8 Å². The number of hydrogen-bond donors (Lipinski definition) is 2. The van der Waals surface area contributed by atoms with E-state index < -0.39 is 84.3 Å². The highest BCUT2D eigenvalue weighted by Crippen LogP contribution is 2.65. The molecule has 11 heteroatoms. The van der Waals surface area contributed by atoms with Crippen LogP contribution in [0.5, 0.6) is 0 Å². The Kier molecular flexibility index (Phi) is 9.42. The molecule has 1 unspecified atom stereocenters. The third-order valence-corrected chi connectivity index (χ3v) is 17.1. The SMILES string of the molecule is CC[Si](CC)(CC)O[C@H]1C[C@H]2OC[C@@]2(OC(C)=O)[C@H]2[C@H](OC(=O)c3ccccc3)[C@]3(O)C[C@H](O)C(C)/C(=C(\OC)C(=O)[C@]12C)C3(C)C. The molecule has 9 atom stereocenters. The second-order valence-electron chi connectivity index (χ2n) is 14.8. The van der Waals surface area contributed by atoms with Gasteiger partial charge in [0.2, 0.25) is 5.78 Å². The first-order valence-electron chi connectivity index (χ1n) is 17.0. The minimum Gasteiger partial charge on any atom is -0.493 e. The van der Waals surface area contributed by atoms with Crippen LogP contribution in [0.25, 0.3) is 0 Å². The molecule has 2 bridgehead atoms. The fourth-order valence-electron chi connectivity index (χ4n) is 9.30. The molecule has 0 radical (unpaired) electrons. The summed E-state index contributed by atoms with van der Waals surface area (Å²) >= 11 is 0. The molecule has 260 valence electrons. The van der Waals surface area contributed by atoms with E-state index in [1.807, 2.05) is 6.92 Å². The van der Waals surface area contributed by atoms with Gasteiger partial charge in [-0.15, -0.1) is 0 Å². The molecule has 0 aromatic heterocycles. The van der Waals surface area contributed by atoms with Crippen LogP contribution in [-0.2, 0) is 33.0 Å². The smallest absolute Gasteiger partial charge is 0.338 e. The molecule has 1 aromatic rings. The number of allylic oxidation sites excluding steroid dienone is 1. The lowest BCUT2D eigenvalue weighted by Crippen LogP contribution is -2.81. The summed E-state index contributed by atoms with van der Waals surface area (Å²) in [7, 11) is -0.967. The fraction of sp³-hybridized carbons (Fsp3) is 0.694. The van der Waals surface area contributed by atoms with Crippen molar-refractivity contribution in [3.63, 3.8) is 0 Å². The summed E-state index contributed by atoms with van der Waals surface area (Å²) in [6.45, 7) is 14.7. The Balaban J connectivity index is 1.87. The standard InChI is InChI=1S/C36H52O10Si/c1-10-47(11-2,12-3)46-25-18-26-35(20-43-26,45-22(5)37)29-31(44-32(40)23-16-14-13-15-17-23)36(41)19-24(38)21(4)27(33(36,6)7)28(42-9)30(39)34(25,29)8/h13-17,21,24-26,29,31,38,41H,10-12,18-20H2,1-9H3/b28-27+/t21?,24-,25-,26+,29-,31-,34+,35-,36+/m0/s1. The second-order valence-corrected chi connectivity index (χ2v) is 19.5. The number of fused-ring (bicyclic) bond motifs is 5. The van der Waals surface area contributed by atoms with Gasteiger partial charge in [-0.1, -0.05) is 59.7 Å². The molecule has 1 heterocycles. The van der Waals surface area contributed by atoms with Crippen molar-refractivity contribution in [2.24, 2.45) is 22.7 Å². The molecule has 0 spiro atoms. The maximum absolute atomic E-state index is 15.5. The van der Waals surface area contributed by atoms with Crippen LogP contribution >= 0.6 is 0 Å². The molecule has 1 aromatic carbocycles. The van der Waals surface area contributed by atoms with Gasteiger partial charge in [-0.05, 0) is 42.8 Å². The number of Topliss-reactive ketones (excluding diaryl/α,β-unsaturated/α-hetero) is 1. The van der Waals surface area contributed by atoms with Crippen LogP contribution in [0.2, 0.25) is 18.1 Å². The first-order valence-corrected chi connectivity index (χ1v) is 19.5. The number of carbonyl (C=O) groups excluding carboxylic acids is 3. The van der Waals surface area contributed by atoms with Crippen molar-refractivity contribution in [3.8, 4) is 0 Å². The summed E-state index contributed by atoms with van der Waals surface area (Å²) in [6.07, 6.45) is -3.88. The van der Waals surface area contributed by atoms with Gasteiger partial charge in [0.25, 0.3) is 0 Å². The third kappa shape index (κ3) is 5.14. The van der Waals surface area contributed by atoms with Crippen LogP contribution in [-0.4, -0.2) is 85.6 Å². The number of esters is 2. The van der Waals surface area contributed by atoms with Gasteiger partial charge in [0.15, 0.2) is 19.7 Å². The zero-order valence-electron chi connectivity index (χ0n) is 29.3. The van der Waals surface area contributed by atoms with E-state index in [1.54, 1.807) is 51.1 Å². The van der Waals surface area contributed by atoms with E-state index in [9.17, 15) is 19.8 Å².